The van der Waals surface area contributed by atoms with Crippen molar-refractivity contribution in [2.45, 2.75) is 24.7 Å². The number of nitrogens with one attached hydrogen (secondary N) is 1. The number of rotatable bonds is 4. The number of hydrogen-bond acceptors (Lipinski definition) is 5. The Kier molecular flexibility index (Phi) is 3.70. The van der Waals surface area contributed by atoms with Crippen molar-refractivity contribution < 1.29 is 9.84 Å². The van der Waals surface area contributed by atoms with E-state index in [9.17, 15) is 14.7 Å². The van der Waals surface area contributed by atoms with Gasteiger partial charge in [-0.2, -0.15) is 0 Å². The van der Waals surface area contributed by atoms with E-state index in [1.807, 2.05) is 0 Å². The van der Waals surface area contributed by atoms with Crippen molar-refractivity contribution in [2.75, 3.05) is 13.2 Å². The molecular formula is C10H13N5O4. The number of H-pyrrole nitrogens is 1. The first-order valence-corrected chi connectivity index (χ1v) is 5.71. The molecule has 0 aliphatic carbocycles. The second-order valence-corrected chi connectivity index (χ2v) is 4.36. The van der Waals surface area contributed by atoms with Crippen LogP contribution in [0.1, 0.15) is 19.1 Å². The van der Waals surface area contributed by atoms with Crippen molar-refractivity contribution in [3.05, 3.63) is 43.5 Å². The molecule has 9 nitrogen and oxygen atoms in total. The third-order valence-corrected chi connectivity index (χ3v) is 3.10. The molecule has 1 saturated heterocycles. The Balaban J connectivity index is 2.23. The van der Waals surface area contributed by atoms with Gasteiger partial charge in [-0.3, -0.25) is 14.3 Å². The molecule has 1 aromatic heterocycles. The van der Waals surface area contributed by atoms with Crippen LogP contribution < -0.4 is 11.2 Å². The molecule has 2 heterocycles. The lowest BCUT2D eigenvalue weighted by molar-refractivity contribution is -0.0933. The summed E-state index contributed by atoms with van der Waals surface area (Å²) in [5.41, 5.74) is 6.30. The molecule has 2 rings (SSSR count). The molecule has 2 N–H and O–H groups in total. The molecule has 9 heteroatoms. The Hall–Kier alpha value is -2.09. The van der Waals surface area contributed by atoms with Crippen LogP contribution in [-0.4, -0.2) is 33.4 Å². The fourth-order valence-electron chi connectivity index (χ4n) is 2.09. The summed E-state index contributed by atoms with van der Waals surface area (Å²) in [6.45, 7) is -0.310. The summed E-state index contributed by atoms with van der Waals surface area (Å²) in [7, 11) is 0. The van der Waals surface area contributed by atoms with Gasteiger partial charge in [-0.1, -0.05) is 5.11 Å². The van der Waals surface area contributed by atoms with Gasteiger partial charge in [0, 0.05) is 17.2 Å². The molecule has 0 amide bonds. The summed E-state index contributed by atoms with van der Waals surface area (Å²) in [5.74, 6) is 0. The zero-order valence-corrected chi connectivity index (χ0v) is 10.0. The van der Waals surface area contributed by atoms with Crippen LogP contribution in [0.4, 0.5) is 0 Å². The van der Waals surface area contributed by atoms with Crippen molar-refractivity contribution in [1.82, 2.24) is 9.55 Å². The van der Waals surface area contributed by atoms with Gasteiger partial charge in [0.25, 0.3) is 5.56 Å². The molecule has 0 aromatic carbocycles. The van der Waals surface area contributed by atoms with Gasteiger partial charge in [-0.15, -0.1) is 0 Å². The number of ether oxygens (including phenoxy) is 1. The number of aromatic nitrogens is 2. The van der Waals surface area contributed by atoms with Gasteiger partial charge in [-0.25, -0.2) is 4.79 Å². The maximum absolute atomic E-state index is 11.6. The molecule has 1 aliphatic heterocycles. The van der Waals surface area contributed by atoms with Crippen LogP contribution >= 0.6 is 0 Å². The normalized spacial score (nSPS) is 26.1. The van der Waals surface area contributed by atoms with Crippen molar-refractivity contribution in [1.29, 1.82) is 0 Å². The van der Waals surface area contributed by atoms with E-state index in [0.717, 1.165) is 0 Å². The predicted octanol–water partition coefficient (Wildman–Crippen LogP) is -0.113. The van der Waals surface area contributed by atoms with Gasteiger partial charge in [0.05, 0.1) is 18.8 Å². The molecule has 1 aliphatic rings. The summed E-state index contributed by atoms with van der Waals surface area (Å²) >= 11 is 0. The minimum atomic E-state index is -0.966. The maximum atomic E-state index is 11.6. The first kappa shape index (κ1) is 13.3. The third-order valence-electron chi connectivity index (χ3n) is 3.10. The van der Waals surface area contributed by atoms with Crippen molar-refractivity contribution in [2.24, 2.45) is 5.11 Å². The van der Waals surface area contributed by atoms with Crippen molar-refractivity contribution >= 4 is 0 Å². The van der Waals surface area contributed by atoms with E-state index in [1.54, 1.807) is 0 Å². The average Bonchev–Trinajstić information content (AvgIpc) is 2.81. The minimum absolute atomic E-state index is 0.00535. The fraction of sp³-hybridized carbons (Fsp3) is 0.600. The van der Waals surface area contributed by atoms with Crippen LogP contribution in [0.2, 0.25) is 0 Å². The highest BCUT2D eigenvalue weighted by Crippen LogP contribution is 2.35. The number of aliphatic hydroxyl groups excluding tert-OH is 1. The molecule has 2 atom stereocenters. The summed E-state index contributed by atoms with van der Waals surface area (Å²) in [5, 5.41) is 12.8. The highest BCUT2D eigenvalue weighted by atomic mass is 16.5. The van der Waals surface area contributed by atoms with Crippen LogP contribution in [-0.2, 0) is 4.74 Å². The lowest BCUT2D eigenvalue weighted by Gasteiger charge is -2.25. The molecule has 0 bridgehead atoms. The molecule has 1 fully saturated rings. The first-order valence-electron chi connectivity index (χ1n) is 5.71. The smallest absolute Gasteiger partial charge is 0.330 e. The maximum Gasteiger partial charge on any atom is 0.330 e. The topological polar surface area (TPSA) is 133 Å². The molecule has 1 aromatic rings. The summed E-state index contributed by atoms with van der Waals surface area (Å²) in [6.07, 6.45) is 1.68. The van der Waals surface area contributed by atoms with Gasteiger partial charge >= 0.3 is 5.69 Å². The molecule has 0 saturated carbocycles. The predicted molar refractivity (Wildman–Crippen MR) is 64.5 cm³/mol. The number of aliphatic hydroxyl groups is 1. The van der Waals surface area contributed by atoms with Crippen LogP contribution in [0.15, 0.2) is 27.0 Å². The highest BCUT2D eigenvalue weighted by molar-refractivity contribution is 4.92. The van der Waals surface area contributed by atoms with Gasteiger partial charge in [0.2, 0.25) is 0 Å². The Bertz CT molecular complexity index is 617. The summed E-state index contributed by atoms with van der Waals surface area (Å²) in [4.78, 5) is 27.4. The summed E-state index contributed by atoms with van der Waals surface area (Å²) < 4.78 is 6.88. The van der Waals surface area contributed by atoms with E-state index in [0.29, 0.717) is 12.8 Å². The lowest BCUT2D eigenvalue weighted by atomic mass is 10.0. The van der Waals surface area contributed by atoms with Crippen LogP contribution in [0, 0.1) is 0 Å². The molecular weight excluding hydrogens is 254 g/mol. The van der Waals surface area contributed by atoms with E-state index in [1.165, 1.54) is 16.8 Å². The number of hydrogen-bond donors (Lipinski definition) is 2. The van der Waals surface area contributed by atoms with Crippen LogP contribution in [0.25, 0.3) is 10.4 Å². The van der Waals surface area contributed by atoms with Gasteiger partial charge < -0.3 is 9.84 Å². The second-order valence-electron chi connectivity index (χ2n) is 4.36. The Morgan fingerprint density at radius 2 is 2.47 bits per heavy atom. The number of aromatic amines is 1. The third kappa shape index (κ3) is 2.68. The molecule has 102 valence electrons. The van der Waals surface area contributed by atoms with E-state index in [2.05, 4.69) is 15.0 Å². The Morgan fingerprint density at radius 1 is 1.68 bits per heavy atom. The van der Waals surface area contributed by atoms with Gasteiger partial charge in [-0.05, 0) is 18.4 Å². The van der Waals surface area contributed by atoms with E-state index >= 15 is 0 Å². The first-order chi connectivity index (χ1) is 9.10. The van der Waals surface area contributed by atoms with Gasteiger partial charge in [0.1, 0.15) is 6.23 Å². The standard InChI is InChI=1S/C10H13N5O4/c11-14-12-5-10(6-16)3-1-8(19-10)15-4-2-7(17)13-9(15)18/h2,4,8,16H,1,3,5-6H2,(H,13,17,18)/t8-,10-/m1/s1. The quantitative estimate of drug-likeness (QED) is 0.447. The SMILES string of the molecule is [N-]=[N+]=NC[C@@]1(CO)CC[C@H](n2ccc(=O)[nH]c2=O)O1. The highest BCUT2D eigenvalue weighted by Gasteiger charge is 2.40. The fourth-order valence-corrected chi connectivity index (χ4v) is 2.09. The Labute approximate surface area is 107 Å². The average molecular weight is 267 g/mol. The number of nitrogens with zero attached hydrogens (tertiary/aromatic N) is 4. The second kappa shape index (κ2) is 5.27. The zero-order valence-electron chi connectivity index (χ0n) is 10.0. The zero-order chi connectivity index (χ0) is 13.9. The molecule has 0 spiro atoms. The van der Waals surface area contributed by atoms with Crippen molar-refractivity contribution in [3.8, 4) is 0 Å². The lowest BCUT2D eigenvalue weighted by Crippen LogP contribution is -2.38. The monoisotopic (exact) mass is 267 g/mol. The Morgan fingerprint density at radius 3 is 3.11 bits per heavy atom. The number of azide groups is 1. The summed E-state index contributed by atoms with van der Waals surface area (Å²) in [6, 6.07) is 1.22. The van der Waals surface area contributed by atoms with Gasteiger partial charge in [0.15, 0.2) is 0 Å². The van der Waals surface area contributed by atoms with Crippen LogP contribution in [0.3, 0.4) is 0 Å². The van der Waals surface area contributed by atoms with E-state index in [-0.39, 0.29) is 13.2 Å². The van der Waals surface area contributed by atoms with Crippen molar-refractivity contribution in [3.63, 3.8) is 0 Å². The largest absolute Gasteiger partial charge is 0.393 e. The molecule has 19 heavy (non-hydrogen) atoms. The van der Waals surface area contributed by atoms with E-state index < -0.39 is 23.1 Å². The molecule has 0 radical (unpaired) electrons. The minimum Gasteiger partial charge on any atom is -0.393 e. The van der Waals surface area contributed by atoms with E-state index in [4.69, 9.17) is 10.3 Å². The van der Waals surface area contributed by atoms with Crippen LogP contribution in [0.5, 0.6) is 0 Å². The molecule has 0 unspecified atom stereocenters.